The largest absolute Gasteiger partial charge is 0.384 e. The van der Waals surface area contributed by atoms with Crippen molar-refractivity contribution in [1.82, 2.24) is 24.7 Å². The number of hydrogen-bond acceptors (Lipinski definition) is 6. The molecule has 7 heteroatoms. The molecule has 3 aromatic rings. The van der Waals surface area contributed by atoms with Gasteiger partial charge in [-0.15, -0.1) is 10.2 Å². The number of pyridine rings is 2. The third-order valence-corrected chi connectivity index (χ3v) is 4.01. The molecule has 0 aliphatic carbocycles. The molecule has 106 valence electrons. The Labute approximate surface area is 126 Å². The fourth-order valence-electron chi connectivity index (χ4n) is 1.85. The zero-order valence-corrected chi connectivity index (χ0v) is 12.3. The molecule has 2 N–H and O–H groups in total. The summed E-state index contributed by atoms with van der Waals surface area (Å²) in [6, 6.07) is 9.52. The van der Waals surface area contributed by atoms with E-state index in [0.29, 0.717) is 5.82 Å². The smallest absolute Gasteiger partial charge is 0.191 e. The van der Waals surface area contributed by atoms with Crippen molar-refractivity contribution in [3.8, 4) is 11.4 Å². The van der Waals surface area contributed by atoms with Crippen LogP contribution in [0.3, 0.4) is 0 Å². The average Bonchev–Trinajstić information content (AvgIpc) is 2.88. The minimum atomic E-state index is 0.491. The number of aromatic nitrogens is 5. The third kappa shape index (κ3) is 3.03. The van der Waals surface area contributed by atoms with Crippen molar-refractivity contribution in [1.29, 1.82) is 0 Å². The van der Waals surface area contributed by atoms with Crippen molar-refractivity contribution in [3.63, 3.8) is 0 Å². The first-order valence-electron chi connectivity index (χ1n) is 6.38. The predicted octanol–water partition coefficient (Wildman–Crippen LogP) is 2.15. The Balaban J connectivity index is 1.78. The van der Waals surface area contributed by atoms with Crippen molar-refractivity contribution < 1.29 is 0 Å². The number of hydrogen-bond donors (Lipinski definition) is 1. The topological polar surface area (TPSA) is 82.5 Å². The van der Waals surface area contributed by atoms with Crippen LogP contribution in [0.15, 0.2) is 47.9 Å². The van der Waals surface area contributed by atoms with E-state index in [1.54, 1.807) is 30.2 Å². The number of nitrogens with two attached hydrogens (primary N) is 1. The highest BCUT2D eigenvalue weighted by atomic mass is 32.2. The van der Waals surface area contributed by atoms with E-state index in [1.807, 2.05) is 35.9 Å². The van der Waals surface area contributed by atoms with Crippen LogP contribution in [0.1, 0.15) is 5.69 Å². The minimum Gasteiger partial charge on any atom is -0.384 e. The molecule has 0 aliphatic heterocycles. The maximum Gasteiger partial charge on any atom is 0.191 e. The van der Waals surface area contributed by atoms with Gasteiger partial charge in [0.05, 0.1) is 5.69 Å². The van der Waals surface area contributed by atoms with Crippen LogP contribution >= 0.6 is 11.8 Å². The Hall–Kier alpha value is -2.41. The minimum absolute atomic E-state index is 0.491. The number of anilines is 1. The fraction of sp³-hybridized carbons (Fsp3) is 0.143. The van der Waals surface area contributed by atoms with Crippen LogP contribution in [-0.2, 0) is 12.8 Å². The van der Waals surface area contributed by atoms with Crippen LogP contribution in [0.5, 0.6) is 0 Å². The number of nitrogen functional groups attached to an aromatic ring is 1. The molecule has 6 nitrogen and oxygen atoms in total. The second kappa shape index (κ2) is 5.92. The Kier molecular flexibility index (Phi) is 3.83. The van der Waals surface area contributed by atoms with Crippen molar-refractivity contribution in [2.75, 3.05) is 5.73 Å². The molecule has 0 fully saturated rings. The SMILES string of the molecule is Cn1c(SCc2ccccn2)nnc1-c1ccc(N)nc1. The van der Waals surface area contributed by atoms with Crippen molar-refractivity contribution >= 4 is 17.6 Å². The maximum atomic E-state index is 5.60. The predicted molar refractivity (Wildman–Crippen MR) is 82.4 cm³/mol. The normalized spacial score (nSPS) is 10.7. The van der Waals surface area contributed by atoms with Gasteiger partial charge >= 0.3 is 0 Å². The molecule has 3 heterocycles. The summed E-state index contributed by atoms with van der Waals surface area (Å²) < 4.78 is 1.95. The van der Waals surface area contributed by atoms with E-state index in [-0.39, 0.29) is 0 Å². The monoisotopic (exact) mass is 298 g/mol. The lowest BCUT2D eigenvalue weighted by Crippen LogP contribution is -1.96. The first kappa shape index (κ1) is 13.6. The molecular weight excluding hydrogens is 284 g/mol. The maximum absolute atomic E-state index is 5.60. The van der Waals surface area contributed by atoms with Gasteiger partial charge in [0.15, 0.2) is 11.0 Å². The van der Waals surface area contributed by atoms with E-state index in [9.17, 15) is 0 Å². The van der Waals surface area contributed by atoms with E-state index in [0.717, 1.165) is 28.0 Å². The summed E-state index contributed by atoms with van der Waals surface area (Å²) in [5, 5.41) is 9.28. The van der Waals surface area contributed by atoms with Crippen LogP contribution in [0, 0.1) is 0 Å². The lowest BCUT2D eigenvalue weighted by Gasteiger charge is -2.03. The fourth-order valence-corrected chi connectivity index (χ4v) is 2.68. The quantitative estimate of drug-likeness (QED) is 0.743. The van der Waals surface area contributed by atoms with Crippen molar-refractivity contribution in [2.24, 2.45) is 7.05 Å². The highest BCUT2D eigenvalue weighted by Gasteiger charge is 2.11. The molecule has 0 amide bonds. The molecule has 3 rings (SSSR count). The van der Waals surface area contributed by atoms with Crippen LogP contribution in [-0.4, -0.2) is 24.7 Å². The second-order valence-corrected chi connectivity index (χ2v) is 5.39. The molecule has 21 heavy (non-hydrogen) atoms. The van der Waals surface area contributed by atoms with Gasteiger partial charge in [0.25, 0.3) is 0 Å². The molecular formula is C14H14N6S. The third-order valence-electron chi connectivity index (χ3n) is 2.95. The van der Waals surface area contributed by atoms with Crippen LogP contribution in [0.25, 0.3) is 11.4 Å². The highest BCUT2D eigenvalue weighted by Crippen LogP contribution is 2.24. The summed E-state index contributed by atoms with van der Waals surface area (Å²) in [7, 11) is 1.94. The lowest BCUT2D eigenvalue weighted by molar-refractivity contribution is 0.793. The zero-order valence-electron chi connectivity index (χ0n) is 11.5. The standard InChI is InChI=1S/C14H14N6S/c1-20-13(10-5-6-12(15)17-8-10)18-19-14(20)21-9-11-4-2-3-7-16-11/h2-8H,9H2,1H3,(H2,15,17). The summed E-state index contributed by atoms with van der Waals surface area (Å²) in [5.74, 6) is 2.02. The first-order valence-corrected chi connectivity index (χ1v) is 7.36. The first-order chi connectivity index (χ1) is 10.2. The number of nitrogens with zero attached hydrogens (tertiary/aromatic N) is 5. The Morgan fingerprint density at radius 3 is 2.76 bits per heavy atom. The molecule has 0 spiro atoms. The molecule has 0 saturated heterocycles. The van der Waals surface area contributed by atoms with Crippen LogP contribution in [0.2, 0.25) is 0 Å². The van der Waals surface area contributed by atoms with Gasteiger partial charge in [-0.2, -0.15) is 0 Å². The van der Waals surface area contributed by atoms with Crippen molar-refractivity contribution in [2.45, 2.75) is 10.9 Å². The molecule has 0 bridgehead atoms. The van der Waals surface area contributed by atoms with Gasteiger partial charge in [0.2, 0.25) is 0 Å². The summed E-state index contributed by atoms with van der Waals surface area (Å²) >= 11 is 1.60. The Morgan fingerprint density at radius 1 is 1.14 bits per heavy atom. The lowest BCUT2D eigenvalue weighted by atomic mass is 10.2. The van der Waals surface area contributed by atoms with Gasteiger partial charge in [0, 0.05) is 30.8 Å². The molecule has 0 saturated carbocycles. The van der Waals surface area contributed by atoms with E-state index in [2.05, 4.69) is 20.2 Å². The van der Waals surface area contributed by atoms with Crippen LogP contribution < -0.4 is 5.73 Å². The molecule has 0 aromatic carbocycles. The number of rotatable bonds is 4. The Morgan fingerprint density at radius 2 is 2.05 bits per heavy atom. The Bertz CT molecular complexity index is 723. The van der Waals surface area contributed by atoms with Gasteiger partial charge in [-0.1, -0.05) is 17.8 Å². The van der Waals surface area contributed by atoms with Gasteiger partial charge in [-0.3, -0.25) is 4.98 Å². The molecule has 0 unspecified atom stereocenters. The highest BCUT2D eigenvalue weighted by molar-refractivity contribution is 7.98. The molecule has 0 atom stereocenters. The van der Waals surface area contributed by atoms with E-state index in [4.69, 9.17) is 5.73 Å². The van der Waals surface area contributed by atoms with Crippen molar-refractivity contribution in [3.05, 3.63) is 48.4 Å². The van der Waals surface area contributed by atoms with Gasteiger partial charge in [0.1, 0.15) is 5.82 Å². The van der Waals surface area contributed by atoms with Gasteiger partial charge in [-0.05, 0) is 24.3 Å². The van der Waals surface area contributed by atoms with Crippen LogP contribution in [0.4, 0.5) is 5.82 Å². The van der Waals surface area contributed by atoms with Gasteiger partial charge < -0.3 is 10.3 Å². The zero-order chi connectivity index (χ0) is 14.7. The van der Waals surface area contributed by atoms with E-state index in [1.165, 1.54) is 0 Å². The van der Waals surface area contributed by atoms with Gasteiger partial charge in [-0.25, -0.2) is 4.98 Å². The molecule has 0 aliphatic rings. The summed E-state index contributed by atoms with van der Waals surface area (Å²) in [6.07, 6.45) is 3.49. The average molecular weight is 298 g/mol. The summed E-state index contributed by atoms with van der Waals surface area (Å²) in [6.45, 7) is 0. The molecule has 0 radical (unpaired) electrons. The summed E-state index contributed by atoms with van der Waals surface area (Å²) in [4.78, 5) is 8.38. The molecule has 3 aromatic heterocycles. The van der Waals surface area contributed by atoms with E-state index < -0.39 is 0 Å². The number of thioether (sulfide) groups is 1. The summed E-state index contributed by atoms with van der Waals surface area (Å²) in [5.41, 5.74) is 7.50. The second-order valence-electron chi connectivity index (χ2n) is 4.45. The van der Waals surface area contributed by atoms with E-state index >= 15 is 0 Å².